The molecular weight excluding hydrogens is 642 g/mol. The van der Waals surface area contributed by atoms with Gasteiger partial charge >= 0.3 is 12.1 Å². The largest absolute Gasteiger partial charge is 0.508 e. The number of rotatable bonds is 5. The van der Waals surface area contributed by atoms with Crippen LogP contribution in [0.25, 0.3) is 32.8 Å². The van der Waals surface area contributed by atoms with Crippen molar-refractivity contribution in [1.29, 1.82) is 5.26 Å². The summed E-state index contributed by atoms with van der Waals surface area (Å²) >= 11 is 0. The lowest BCUT2D eigenvalue weighted by Gasteiger charge is -2.42. The molecule has 0 unspecified atom stereocenters. The van der Waals surface area contributed by atoms with Gasteiger partial charge in [-0.05, 0) is 87.5 Å². The number of alkyl halides is 1. The molecule has 10 nitrogen and oxygen atoms in total. The van der Waals surface area contributed by atoms with Crippen molar-refractivity contribution in [3.8, 4) is 29.0 Å². The average molecular weight is 683 g/mol. The van der Waals surface area contributed by atoms with Crippen LogP contribution in [0.15, 0.2) is 42.5 Å². The Balaban J connectivity index is 1.24. The monoisotopic (exact) mass is 682 g/mol. The molecule has 50 heavy (non-hydrogen) atoms. The number of nitrogens with zero attached hydrogens (tertiary/aromatic N) is 6. The lowest BCUT2D eigenvalue weighted by atomic mass is 9.92. The van der Waals surface area contributed by atoms with Crippen molar-refractivity contribution >= 4 is 33.6 Å². The van der Waals surface area contributed by atoms with Crippen molar-refractivity contribution in [1.82, 2.24) is 19.8 Å². The lowest BCUT2D eigenvalue weighted by molar-refractivity contribution is 0.0122. The van der Waals surface area contributed by atoms with E-state index in [4.69, 9.17) is 14.5 Å². The summed E-state index contributed by atoms with van der Waals surface area (Å²) in [5.41, 5.74) is -0.672. The SMILES string of the molecule is CC(C)(C)OC(=O)N1[C@@H]2CC[C@H]1CN(c1nc(OC[C@@]34CCCN3C[C@H](F)C4)nc3c(F)c(-c4cc(O)cc5ccccc45)c(C#N)cc13)C2. The molecule has 3 aromatic carbocycles. The van der Waals surface area contributed by atoms with Crippen LogP contribution in [0, 0.1) is 17.1 Å². The zero-order valence-electron chi connectivity index (χ0n) is 28.5. The Morgan fingerprint density at radius 1 is 1.10 bits per heavy atom. The van der Waals surface area contributed by atoms with Crippen molar-refractivity contribution < 1.29 is 28.2 Å². The number of carbonyl (C=O) groups excluding carboxylic acids is 1. The van der Waals surface area contributed by atoms with Gasteiger partial charge in [0.2, 0.25) is 0 Å². The number of aromatic nitrogens is 2. The smallest absolute Gasteiger partial charge is 0.410 e. The molecule has 0 radical (unpaired) electrons. The Hall–Kier alpha value is -4.76. The Kier molecular flexibility index (Phi) is 7.75. The van der Waals surface area contributed by atoms with E-state index in [2.05, 4.69) is 16.0 Å². The molecule has 5 heterocycles. The fourth-order valence-corrected chi connectivity index (χ4v) is 8.69. The molecule has 4 atom stereocenters. The van der Waals surface area contributed by atoms with Gasteiger partial charge in [-0.15, -0.1) is 0 Å². The number of hydrogen-bond donors (Lipinski definition) is 1. The number of aromatic hydroxyl groups is 1. The molecule has 1 N–H and O–H groups in total. The zero-order chi connectivity index (χ0) is 34.9. The molecule has 1 amide bonds. The number of hydrogen-bond acceptors (Lipinski definition) is 9. The molecule has 4 aromatic rings. The maximum atomic E-state index is 17.2. The first-order valence-corrected chi connectivity index (χ1v) is 17.4. The van der Waals surface area contributed by atoms with Crippen LogP contribution in [0.4, 0.5) is 19.4 Å². The summed E-state index contributed by atoms with van der Waals surface area (Å²) in [6.07, 6.45) is 2.35. The number of ether oxygens (including phenoxy) is 2. The highest BCUT2D eigenvalue weighted by molar-refractivity contribution is 6.03. The normalized spacial score (nSPS) is 24.9. The molecule has 4 fully saturated rings. The maximum absolute atomic E-state index is 17.2. The summed E-state index contributed by atoms with van der Waals surface area (Å²) in [5, 5.41) is 22.7. The van der Waals surface area contributed by atoms with Crippen LogP contribution in [0.1, 0.15) is 58.4 Å². The van der Waals surface area contributed by atoms with Crippen LogP contribution in [0.5, 0.6) is 11.8 Å². The van der Waals surface area contributed by atoms with E-state index in [9.17, 15) is 19.6 Å². The van der Waals surface area contributed by atoms with E-state index in [0.717, 1.165) is 32.2 Å². The predicted molar refractivity (Wildman–Crippen MR) is 184 cm³/mol. The molecule has 0 aliphatic carbocycles. The molecule has 4 saturated heterocycles. The van der Waals surface area contributed by atoms with Gasteiger partial charge in [-0.3, -0.25) is 9.80 Å². The number of piperazine rings is 1. The summed E-state index contributed by atoms with van der Waals surface area (Å²) in [6.45, 7) is 7.70. The molecule has 4 aliphatic heterocycles. The predicted octanol–water partition coefficient (Wildman–Crippen LogP) is 6.71. The van der Waals surface area contributed by atoms with Gasteiger partial charge in [0, 0.05) is 37.0 Å². The fraction of sp³-hybridized carbons (Fsp3) is 0.474. The minimum Gasteiger partial charge on any atom is -0.508 e. The average Bonchev–Trinajstić information content (AvgIpc) is 3.69. The Bertz CT molecular complexity index is 2050. The summed E-state index contributed by atoms with van der Waals surface area (Å²) < 4.78 is 43.8. The number of amides is 1. The van der Waals surface area contributed by atoms with Gasteiger partial charge in [-0.2, -0.15) is 15.2 Å². The van der Waals surface area contributed by atoms with E-state index >= 15 is 4.39 Å². The fourth-order valence-electron chi connectivity index (χ4n) is 8.69. The summed E-state index contributed by atoms with van der Waals surface area (Å²) in [4.78, 5) is 28.7. The minimum atomic E-state index is -0.940. The van der Waals surface area contributed by atoms with E-state index in [1.807, 2.05) is 54.8 Å². The highest BCUT2D eigenvalue weighted by Crippen LogP contribution is 2.43. The number of nitriles is 1. The van der Waals surface area contributed by atoms with Gasteiger partial charge in [0.05, 0.1) is 29.3 Å². The first-order chi connectivity index (χ1) is 23.9. The third-order valence-electron chi connectivity index (χ3n) is 10.7. The van der Waals surface area contributed by atoms with Crippen molar-refractivity contribution in [3.05, 3.63) is 53.8 Å². The van der Waals surface area contributed by atoms with Gasteiger partial charge in [0.15, 0.2) is 5.82 Å². The van der Waals surface area contributed by atoms with Crippen molar-refractivity contribution in [2.24, 2.45) is 0 Å². The molecule has 12 heteroatoms. The van der Waals surface area contributed by atoms with Crippen LogP contribution in [-0.4, -0.2) is 93.1 Å². The van der Waals surface area contributed by atoms with Crippen LogP contribution in [-0.2, 0) is 4.74 Å². The van der Waals surface area contributed by atoms with Gasteiger partial charge in [0.1, 0.15) is 35.5 Å². The zero-order valence-corrected chi connectivity index (χ0v) is 28.5. The van der Waals surface area contributed by atoms with E-state index in [0.29, 0.717) is 53.6 Å². The van der Waals surface area contributed by atoms with Crippen molar-refractivity contribution in [2.75, 3.05) is 37.7 Å². The molecule has 260 valence electrons. The highest BCUT2D eigenvalue weighted by atomic mass is 19.1. The number of halogens is 2. The topological polar surface area (TPSA) is 115 Å². The highest BCUT2D eigenvalue weighted by Gasteiger charge is 2.50. The molecular formula is C38H40F2N6O4. The molecule has 1 aromatic heterocycles. The van der Waals surface area contributed by atoms with Gasteiger partial charge < -0.3 is 19.5 Å². The Morgan fingerprint density at radius 2 is 1.86 bits per heavy atom. The van der Waals surface area contributed by atoms with Gasteiger partial charge in [0.25, 0.3) is 0 Å². The lowest BCUT2D eigenvalue weighted by Crippen LogP contribution is -2.57. The first kappa shape index (κ1) is 32.4. The molecule has 8 rings (SSSR count). The second-order valence-electron chi connectivity index (χ2n) is 15.2. The minimum absolute atomic E-state index is 0.0224. The third-order valence-corrected chi connectivity index (χ3v) is 10.7. The Labute approximate surface area is 289 Å². The third kappa shape index (κ3) is 5.52. The quantitative estimate of drug-likeness (QED) is 0.245. The number of phenols is 1. The van der Waals surface area contributed by atoms with Gasteiger partial charge in [-0.1, -0.05) is 24.3 Å². The van der Waals surface area contributed by atoms with Gasteiger partial charge in [-0.25, -0.2) is 13.6 Å². The van der Waals surface area contributed by atoms with E-state index < -0.39 is 23.1 Å². The molecule has 0 spiro atoms. The van der Waals surface area contributed by atoms with Crippen LogP contribution < -0.4 is 9.64 Å². The second kappa shape index (κ2) is 11.9. The maximum Gasteiger partial charge on any atom is 0.410 e. The molecule has 0 saturated carbocycles. The summed E-state index contributed by atoms with van der Waals surface area (Å²) in [5.74, 6) is -0.385. The molecule has 2 bridgehead atoms. The number of phenolic OH excluding ortho intramolecular Hbond substituents is 1. The number of anilines is 1. The molecule has 4 aliphatic rings. The number of fused-ring (bicyclic) bond motifs is 5. The standard InChI is InChI=1S/C38H40F2N6O4/c1-37(2,3)50-36(48)46-25-9-10-26(46)20-44(19-25)34-30-14-23(17-41)31(29-15-27(47)13-22-7-4-5-8-28(22)29)32(40)33(30)42-35(43-34)49-21-38-11-6-12-45(38)18-24(39)16-38/h4-5,7-8,13-15,24-26,47H,6,9-12,16,18-21H2,1-3H3/t24-,25-,26+,38+/m1/s1. The van der Waals surface area contributed by atoms with E-state index in [1.165, 1.54) is 6.07 Å². The van der Waals surface area contributed by atoms with Crippen LogP contribution in [0.3, 0.4) is 0 Å². The number of carbonyl (C=O) groups is 1. The van der Waals surface area contributed by atoms with Crippen molar-refractivity contribution in [3.63, 3.8) is 0 Å². The van der Waals surface area contributed by atoms with Crippen LogP contribution in [0.2, 0.25) is 0 Å². The number of benzene rings is 3. The van der Waals surface area contributed by atoms with E-state index in [-0.39, 0.29) is 53.2 Å². The van der Waals surface area contributed by atoms with E-state index in [1.54, 1.807) is 12.1 Å². The first-order valence-electron chi connectivity index (χ1n) is 17.4. The summed E-state index contributed by atoms with van der Waals surface area (Å²) in [7, 11) is 0. The second-order valence-corrected chi connectivity index (χ2v) is 15.2. The van der Waals surface area contributed by atoms with Crippen molar-refractivity contribution in [2.45, 2.75) is 82.3 Å². The van der Waals surface area contributed by atoms with Crippen LogP contribution >= 0.6 is 0 Å². The Morgan fingerprint density at radius 3 is 2.60 bits per heavy atom. The summed E-state index contributed by atoms with van der Waals surface area (Å²) in [6, 6.07) is 13.8.